The fourth-order valence-electron chi connectivity index (χ4n) is 3.47. The Labute approximate surface area is 160 Å². The molecule has 26 heavy (non-hydrogen) atoms. The Bertz CT molecular complexity index is 712. The second-order valence-electron chi connectivity index (χ2n) is 6.94. The summed E-state index contributed by atoms with van der Waals surface area (Å²) in [7, 11) is 0. The smallest absolute Gasteiger partial charge is 0.119 e. The number of benzene rings is 2. The van der Waals surface area contributed by atoms with E-state index < -0.39 is 6.10 Å². The lowest BCUT2D eigenvalue weighted by atomic mass is 9.94. The van der Waals surface area contributed by atoms with Crippen molar-refractivity contribution in [2.75, 3.05) is 6.61 Å². The summed E-state index contributed by atoms with van der Waals surface area (Å²) >= 11 is 6.44. The fourth-order valence-corrected chi connectivity index (χ4v) is 3.66. The van der Waals surface area contributed by atoms with Gasteiger partial charge in [-0.2, -0.15) is 0 Å². The molecular weight excluding hydrogens is 348 g/mol. The molecule has 1 heterocycles. The SMILES string of the molecule is CCOc1ccc(Cc2cc(C3CCCC(C(C)O)O3)ccc2Cl)cc1. The van der Waals surface area contributed by atoms with Crippen molar-refractivity contribution in [2.45, 2.75) is 57.8 Å². The summed E-state index contributed by atoms with van der Waals surface area (Å²) in [6.07, 6.45) is 3.24. The van der Waals surface area contributed by atoms with Crippen molar-refractivity contribution in [2.24, 2.45) is 0 Å². The van der Waals surface area contributed by atoms with Crippen LogP contribution in [0.2, 0.25) is 5.02 Å². The summed E-state index contributed by atoms with van der Waals surface area (Å²) in [6, 6.07) is 14.3. The molecule has 0 bridgehead atoms. The van der Waals surface area contributed by atoms with Gasteiger partial charge < -0.3 is 14.6 Å². The van der Waals surface area contributed by atoms with Crippen molar-refractivity contribution >= 4 is 11.6 Å². The number of hydrogen-bond acceptors (Lipinski definition) is 3. The number of halogens is 1. The highest BCUT2D eigenvalue weighted by Crippen LogP contribution is 2.34. The van der Waals surface area contributed by atoms with Crippen molar-refractivity contribution in [3.8, 4) is 5.75 Å². The highest BCUT2D eigenvalue weighted by atomic mass is 35.5. The Hall–Kier alpha value is -1.55. The van der Waals surface area contributed by atoms with Crippen molar-refractivity contribution in [1.82, 2.24) is 0 Å². The molecule has 0 aromatic heterocycles. The van der Waals surface area contributed by atoms with Crippen LogP contribution in [-0.2, 0) is 11.2 Å². The first-order valence-corrected chi connectivity index (χ1v) is 9.78. The Morgan fingerprint density at radius 1 is 1.19 bits per heavy atom. The molecule has 0 amide bonds. The van der Waals surface area contributed by atoms with Gasteiger partial charge in [0.05, 0.1) is 24.9 Å². The van der Waals surface area contributed by atoms with Gasteiger partial charge in [-0.25, -0.2) is 0 Å². The van der Waals surface area contributed by atoms with Crippen LogP contribution in [0.25, 0.3) is 0 Å². The van der Waals surface area contributed by atoms with E-state index in [4.69, 9.17) is 21.1 Å². The maximum Gasteiger partial charge on any atom is 0.119 e. The predicted molar refractivity (Wildman–Crippen MR) is 105 cm³/mol. The topological polar surface area (TPSA) is 38.7 Å². The van der Waals surface area contributed by atoms with Crippen molar-refractivity contribution in [3.05, 3.63) is 64.2 Å². The highest BCUT2D eigenvalue weighted by molar-refractivity contribution is 6.31. The third-order valence-electron chi connectivity index (χ3n) is 4.90. The van der Waals surface area contributed by atoms with Gasteiger partial charge in [0, 0.05) is 5.02 Å². The van der Waals surface area contributed by atoms with Gasteiger partial charge >= 0.3 is 0 Å². The van der Waals surface area contributed by atoms with E-state index in [1.807, 2.05) is 31.2 Å². The molecule has 3 atom stereocenters. The Morgan fingerprint density at radius 3 is 2.65 bits per heavy atom. The standard InChI is InChI=1S/C22H27ClO3/c1-3-25-19-10-7-16(8-11-19)13-18-14-17(9-12-20(18)23)22-6-4-5-21(26-22)15(2)24/h7-12,14-15,21-22,24H,3-6,13H2,1-2H3. The first-order chi connectivity index (χ1) is 12.6. The van der Waals surface area contributed by atoms with E-state index in [-0.39, 0.29) is 12.2 Å². The molecule has 0 aliphatic carbocycles. The van der Waals surface area contributed by atoms with Gasteiger partial charge in [-0.15, -0.1) is 0 Å². The van der Waals surface area contributed by atoms with Gasteiger partial charge in [-0.3, -0.25) is 0 Å². The minimum atomic E-state index is -0.437. The zero-order valence-corrected chi connectivity index (χ0v) is 16.2. The molecule has 1 aliphatic heterocycles. The van der Waals surface area contributed by atoms with Crippen molar-refractivity contribution < 1.29 is 14.6 Å². The maximum absolute atomic E-state index is 9.84. The van der Waals surface area contributed by atoms with Crippen LogP contribution in [0.3, 0.4) is 0 Å². The van der Waals surface area contributed by atoms with Crippen LogP contribution in [0.4, 0.5) is 0 Å². The highest BCUT2D eigenvalue weighted by Gasteiger charge is 2.27. The van der Waals surface area contributed by atoms with Gasteiger partial charge in [0.25, 0.3) is 0 Å². The van der Waals surface area contributed by atoms with E-state index in [9.17, 15) is 5.11 Å². The molecule has 0 radical (unpaired) electrons. The summed E-state index contributed by atoms with van der Waals surface area (Å²) in [5, 5.41) is 10.6. The molecule has 0 spiro atoms. The quantitative estimate of drug-likeness (QED) is 0.743. The predicted octanol–water partition coefficient (Wildman–Crippen LogP) is 5.32. The number of aliphatic hydroxyl groups is 1. The van der Waals surface area contributed by atoms with Gasteiger partial charge in [0.15, 0.2) is 0 Å². The van der Waals surface area contributed by atoms with Crippen LogP contribution in [0.1, 0.15) is 55.9 Å². The van der Waals surface area contributed by atoms with Crippen LogP contribution in [0.5, 0.6) is 5.75 Å². The van der Waals surface area contributed by atoms with Gasteiger partial charge in [0.1, 0.15) is 5.75 Å². The summed E-state index contributed by atoms with van der Waals surface area (Å²) in [5.74, 6) is 0.885. The normalized spacial score (nSPS) is 21.4. The second-order valence-corrected chi connectivity index (χ2v) is 7.35. The summed E-state index contributed by atoms with van der Waals surface area (Å²) in [6.45, 7) is 4.45. The summed E-state index contributed by atoms with van der Waals surface area (Å²) < 4.78 is 11.6. The number of rotatable bonds is 6. The lowest BCUT2D eigenvalue weighted by molar-refractivity contribution is -0.102. The van der Waals surface area contributed by atoms with Gasteiger partial charge in [0.2, 0.25) is 0 Å². The molecule has 1 N–H and O–H groups in total. The lowest BCUT2D eigenvalue weighted by Gasteiger charge is -2.32. The Morgan fingerprint density at radius 2 is 1.96 bits per heavy atom. The third-order valence-corrected chi connectivity index (χ3v) is 5.27. The van der Waals surface area contributed by atoms with E-state index in [2.05, 4.69) is 18.2 Å². The molecule has 140 valence electrons. The first-order valence-electron chi connectivity index (χ1n) is 9.40. The minimum Gasteiger partial charge on any atom is -0.494 e. The number of aliphatic hydroxyl groups excluding tert-OH is 1. The molecule has 1 aliphatic rings. The van der Waals surface area contributed by atoms with E-state index >= 15 is 0 Å². The molecule has 3 nitrogen and oxygen atoms in total. The van der Waals surface area contributed by atoms with E-state index in [0.717, 1.165) is 47.6 Å². The largest absolute Gasteiger partial charge is 0.494 e. The molecule has 2 aromatic carbocycles. The molecule has 1 saturated heterocycles. The van der Waals surface area contributed by atoms with Crippen molar-refractivity contribution in [3.63, 3.8) is 0 Å². The Kier molecular flexibility index (Phi) is 6.58. The maximum atomic E-state index is 9.84. The Balaban J connectivity index is 1.75. The molecular formula is C22H27ClO3. The lowest BCUT2D eigenvalue weighted by Crippen LogP contribution is -2.31. The first kappa shape index (κ1) is 19.2. The van der Waals surface area contributed by atoms with Crippen LogP contribution in [0, 0.1) is 0 Å². The van der Waals surface area contributed by atoms with E-state index in [1.54, 1.807) is 6.92 Å². The molecule has 3 rings (SSSR count). The van der Waals surface area contributed by atoms with Crippen LogP contribution in [-0.4, -0.2) is 23.9 Å². The van der Waals surface area contributed by atoms with Crippen LogP contribution in [0.15, 0.2) is 42.5 Å². The zero-order valence-electron chi connectivity index (χ0n) is 15.5. The van der Waals surface area contributed by atoms with E-state index in [0.29, 0.717) is 6.61 Å². The average Bonchev–Trinajstić information content (AvgIpc) is 2.65. The minimum absolute atomic E-state index is 0.0275. The summed E-state index contributed by atoms with van der Waals surface area (Å²) in [4.78, 5) is 0. The second kappa shape index (κ2) is 8.90. The molecule has 1 fully saturated rings. The number of hydrogen-bond donors (Lipinski definition) is 1. The van der Waals surface area contributed by atoms with Crippen LogP contribution >= 0.6 is 11.6 Å². The van der Waals surface area contributed by atoms with Crippen LogP contribution < -0.4 is 4.74 Å². The molecule has 3 unspecified atom stereocenters. The molecule has 2 aromatic rings. The van der Waals surface area contributed by atoms with Gasteiger partial charge in [-0.05, 0) is 74.4 Å². The summed E-state index contributed by atoms with van der Waals surface area (Å²) in [5.41, 5.74) is 3.43. The molecule has 4 heteroatoms. The zero-order chi connectivity index (χ0) is 18.5. The van der Waals surface area contributed by atoms with E-state index in [1.165, 1.54) is 5.56 Å². The monoisotopic (exact) mass is 374 g/mol. The average molecular weight is 375 g/mol. The number of ether oxygens (including phenoxy) is 2. The third kappa shape index (κ3) is 4.79. The fraction of sp³-hybridized carbons (Fsp3) is 0.455. The van der Waals surface area contributed by atoms with Crippen molar-refractivity contribution in [1.29, 1.82) is 0 Å². The van der Waals surface area contributed by atoms with Gasteiger partial charge in [-0.1, -0.05) is 35.9 Å². The molecule has 0 saturated carbocycles.